The molecule has 0 N–H and O–H groups in total. The SMILES string of the molecule is CC1(C)c2ccccc2-c2cc(-c3cccc4c5cc6ccccc6cc5n(-c5nc(-c6ccccc6)c6ccccc6n5)c34)ccc21.CCC. The summed E-state index contributed by atoms with van der Waals surface area (Å²) in [4.78, 5) is 10.7. The molecule has 1 aliphatic rings. The smallest absolute Gasteiger partial charge is 0.235 e. The van der Waals surface area contributed by atoms with Crippen molar-refractivity contribution in [1.29, 1.82) is 0 Å². The van der Waals surface area contributed by atoms with Gasteiger partial charge >= 0.3 is 0 Å². The Hall–Kier alpha value is -6.06. The third-order valence-electron chi connectivity index (χ3n) is 10.4. The highest BCUT2D eigenvalue weighted by molar-refractivity contribution is 6.17. The number of aromatic nitrogens is 3. The molecule has 246 valence electrons. The molecule has 3 nitrogen and oxygen atoms in total. The third kappa shape index (κ3) is 4.87. The number of benzene rings is 7. The number of hydrogen-bond acceptors (Lipinski definition) is 2. The molecule has 0 aliphatic heterocycles. The first-order valence-electron chi connectivity index (χ1n) is 18.0. The van der Waals surface area contributed by atoms with E-state index < -0.39 is 0 Å². The molecule has 51 heavy (non-hydrogen) atoms. The second-order valence-electron chi connectivity index (χ2n) is 14.1. The molecule has 9 aromatic rings. The Morgan fingerprint density at radius 3 is 1.98 bits per heavy atom. The Morgan fingerprint density at radius 2 is 1.16 bits per heavy atom. The van der Waals surface area contributed by atoms with Gasteiger partial charge in [0.2, 0.25) is 5.95 Å². The number of nitrogens with zero attached hydrogens (tertiary/aromatic N) is 3. The van der Waals surface area contributed by atoms with Crippen LogP contribution >= 0.6 is 0 Å². The van der Waals surface area contributed by atoms with Crippen molar-refractivity contribution in [3.63, 3.8) is 0 Å². The molecule has 10 rings (SSSR count). The van der Waals surface area contributed by atoms with E-state index in [1.54, 1.807) is 0 Å². The molecule has 1 aliphatic carbocycles. The fourth-order valence-corrected chi connectivity index (χ4v) is 8.06. The van der Waals surface area contributed by atoms with Crippen molar-refractivity contribution in [2.24, 2.45) is 0 Å². The molecule has 2 heterocycles. The summed E-state index contributed by atoms with van der Waals surface area (Å²) in [6, 6.07) is 54.6. The van der Waals surface area contributed by atoms with E-state index in [4.69, 9.17) is 9.97 Å². The topological polar surface area (TPSA) is 30.7 Å². The predicted octanol–water partition coefficient (Wildman–Crippen LogP) is 12.9. The molecule has 7 aromatic carbocycles. The summed E-state index contributed by atoms with van der Waals surface area (Å²) in [7, 11) is 0. The van der Waals surface area contributed by atoms with Gasteiger partial charge in [0.25, 0.3) is 0 Å². The normalized spacial score (nSPS) is 12.9. The summed E-state index contributed by atoms with van der Waals surface area (Å²) >= 11 is 0. The Bertz CT molecular complexity index is 2770. The van der Waals surface area contributed by atoms with Crippen molar-refractivity contribution in [3.8, 4) is 39.5 Å². The van der Waals surface area contributed by atoms with Crippen molar-refractivity contribution in [2.75, 3.05) is 0 Å². The van der Waals surface area contributed by atoms with Gasteiger partial charge in [-0.05, 0) is 62.9 Å². The van der Waals surface area contributed by atoms with Gasteiger partial charge in [-0.3, -0.25) is 4.57 Å². The Kier molecular flexibility index (Phi) is 7.32. The summed E-state index contributed by atoms with van der Waals surface area (Å²) in [5.41, 5.74) is 12.8. The van der Waals surface area contributed by atoms with E-state index in [0.29, 0.717) is 5.95 Å². The van der Waals surface area contributed by atoms with Gasteiger partial charge < -0.3 is 0 Å². The van der Waals surface area contributed by atoms with Crippen molar-refractivity contribution in [2.45, 2.75) is 39.5 Å². The lowest BCUT2D eigenvalue weighted by Crippen LogP contribution is -2.14. The zero-order valence-electron chi connectivity index (χ0n) is 29.5. The summed E-state index contributed by atoms with van der Waals surface area (Å²) in [6.45, 7) is 8.92. The van der Waals surface area contributed by atoms with E-state index in [9.17, 15) is 0 Å². The van der Waals surface area contributed by atoms with Gasteiger partial charge in [-0.1, -0.05) is 162 Å². The van der Waals surface area contributed by atoms with Gasteiger partial charge in [-0.25, -0.2) is 9.97 Å². The van der Waals surface area contributed by atoms with Crippen molar-refractivity contribution >= 4 is 43.5 Å². The van der Waals surface area contributed by atoms with E-state index in [0.717, 1.165) is 38.8 Å². The summed E-state index contributed by atoms with van der Waals surface area (Å²) in [5.74, 6) is 0.669. The largest absolute Gasteiger partial charge is 0.277 e. The lowest BCUT2D eigenvalue weighted by atomic mass is 9.82. The quantitative estimate of drug-likeness (QED) is 0.189. The molecular formula is C48H39N3. The fraction of sp³-hybridized carbons (Fsp3) is 0.125. The number of fused-ring (bicyclic) bond motifs is 8. The average Bonchev–Trinajstić information content (AvgIpc) is 3.61. The molecule has 3 heteroatoms. The van der Waals surface area contributed by atoms with E-state index in [2.05, 4.69) is 178 Å². The standard InChI is InChI=1S/C45H31N3.C3H8/c1-45(2)38-21-10-8-17-33(38)36-26-31(23-24-39(36)45)32-19-12-20-34-37-25-29-15-6-7-16-30(29)27-41(37)48(43(32)34)44-46-40-22-11-9-18-35(40)42(47-44)28-13-4-3-5-14-28;1-3-2/h3-27H,1-2H3;3H2,1-2H3. The highest BCUT2D eigenvalue weighted by atomic mass is 15.2. The van der Waals surface area contributed by atoms with Gasteiger partial charge in [-0.2, -0.15) is 0 Å². The molecule has 0 saturated heterocycles. The van der Waals surface area contributed by atoms with Crippen LogP contribution < -0.4 is 0 Å². The lowest BCUT2D eigenvalue weighted by molar-refractivity contribution is 0.660. The molecule has 0 radical (unpaired) electrons. The van der Waals surface area contributed by atoms with Crippen molar-refractivity contribution in [3.05, 3.63) is 163 Å². The van der Waals surface area contributed by atoms with Gasteiger partial charge in [0.15, 0.2) is 0 Å². The van der Waals surface area contributed by atoms with Crippen LogP contribution in [0.2, 0.25) is 0 Å². The van der Waals surface area contributed by atoms with Crippen molar-refractivity contribution < 1.29 is 0 Å². The Balaban J connectivity index is 0.00000112. The molecule has 0 atom stereocenters. The van der Waals surface area contributed by atoms with Gasteiger partial charge in [-0.15, -0.1) is 0 Å². The number of hydrogen-bond donors (Lipinski definition) is 0. The molecule has 0 amide bonds. The number of rotatable bonds is 3. The average molecular weight is 658 g/mol. The Labute approximate surface area is 298 Å². The fourth-order valence-electron chi connectivity index (χ4n) is 8.06. The monoisotopic (exact) mass is 657 g/mol. The number of para-hydroxylation sites is 2. The highest BCUT2D eigenvalue weighted by Crippen LogP contribution is 2.50. The third-order valence-corrected chi connectivity index (χ3v) is 10.4. The second kappa shape index (κ2) is 12.1. The summed E-state index contributed by atoms with van der Waals surface area (Å²) in [6.07, 6.45) is 1.25. The van der Waals surface area contributed by atoms with Crippen LogP contribution in [0.25, 0.3) is 82.9 Å². The molecular weight excluding hydrogens is 619 g/mol. The van der Waals surface area contributed by atoms with Crippen molar-refractivity contribution in [1.82, 2.24) is 14.5 Å². The second-order valence-corrected chi connectivity index (χ2v) is 14.1. The Morgan fingerprint density at radius 1 is 0.510 bits per heavy atom. The minimum Gasteiger partial charge on any atom is -0.277 e. The maximum absolute atomic E-state index is 5.39. The first kappa shape index (κ1) is 31.0. The van der Waals surface area contributed by atoms with Crippen LogP contribution in [0.15, 0.2) is 152 Å². The molecule has 0 bridgehead atoms. The first-order chi connectivity index (χ1) is 25.0. The van der Waals surface area contributed by atoms with Crippen LogP contribution in [0.3, 0.4) is 0 Å². The predicted molar refractivity (Wildman–Crippen MR) is 216 cm³/mol. The highest BCUT2D eigenvalue weighted by Gasteiger charge is 2.35. The van der Waals surface area contributed by atoms with Gasteiger partial charge in [0.05, 0.1) is 22.2 Å². The lowest BCUT2D eigenvalue weighted by Gasteiger charge is -2.21. The van der Waals surface area contributed by atoms with E-state index in [1.807, 2.05) is 6.07 Å². The molecule has 0 saturated carbocycles. The van der Waals surface area contributed by atoms with Crippen LogP contribution in [0, 0.1) is 0 Å². The van der Waals surface area contributed by atoms with Gasteiger partial charge in [0, 0.05) is 32.7 Å². The minimum absolute atomic E-state index is 0.0434. The van der Waals surface area contributed by atoms with Crippen LogP contribution in [0.5, 0.6) is 0 Å². The molecule has 0 fully saturated rings. The summed E-state index contributed by atoms with van der Waals surface area (Å²) in [5, 5.41) is 5.83. The summed E-state index contributed by atoms with van der Waals surface area (Å²) < 4.78 is 2.30. The van der Waals surface area contributed by atoms with E-state index in [-0.39, 0.29) is 5.41 Å². The van der Waals surface area contributed by atoms with Crippen LogP contribution in [0.4, 0.5) is 0 Å². The molecule has 0 spiro atoms. The first-order valence-corrected chi connectivity index (χ1v) is 18.0. The minimum atomic E-state index is -0.0434. The maximum atomic E-state index is 5.39. The molecule has 2 aromatic heterocycles. The van der Waals surface area contributed by atoms with E-state index >= 15 is 0 Å². The van der Waals surface area contributed by atoms with Crippen LogP contribution in [0.1, 0.15) is 45.2 Å². The zero-order chi connectivity index (χ0) is 34.7. The zero-order valence-corrected chi connectivity index (χ0v) is 29.5. The maximum Gasteiger partial charge on any atom is 0.235 e. The molecule has 0 unspecified atom stereocenters. The van der Waals surface area contributed by atoms with Gasteiger partial charge in [0.1, 0.15) is 0 Å². The van der Waals surface area contributed by atoms with Crippen LogP contribution in [-0.4, -0.2) is 14.5 Å². The van der Waals surface area contributed by atoms with E-state index in [1.165, 1.54) is 55.8 Å². The van der Waals surface area contributed by atoms with Crippen LogP contribution in [-0.2, 0) is 5.41 Å².